The number of guanidine groups is 1. The molecule has 8 heteroatoms. The lowest BCUT2D eigenvalue weighted by Gasteiger charge is -2.13. The summed E-state index contributed by atoms with van der Waals surface area (Å²) in [4.78, 5) is 4.16. The number of nitrogens with one attached hydrogen (secondary N) is 2. The molecule has 0 heterocycles. The second kappa shape index (κ2) is 12.0. The first kappa shape index (κ1) is 23.5. The molecule has 2 rings (SSSR count). The summed E-state index contributed by atoms with van der Waals surface area (Å²) in [5.74, 6) is 1.77. The molecule has 0 radical (unpaired) electrons. The first-order valence-corrected chi connectivity index (χ1v) is 8.96. The van der Waals surface area contributed by atoms with Gasteiger partial charge in [0, 0.05) is 30.2 Å². The predicted molar refractivity (Wildman–Crippen MR) is 121 cm³/mol. The first-order chi connectivity index (χ1) is 12.6. The normalized spacial score (nSPS) is 10.8. The van der Waals surface area contributed by atoms with Crippen LogP contribution in [0.3, 0.4) is 0 Å². The van der Waals surface area contributed by atoms with Gasteiger partial charge < -0.3 is 20.1 Å². The van der Waals surface area contributed by atoms with Gasteiger partial charge in [-0.1, -0.05) is 28.1 Å². The highest BCUT2D eigenvalue weighted by Crippen LogP contribution is 2.27. The molecule has 0 atom stereocenters. The lowest BCUT2D eigenvalue weighted by Crippen LogP contribution is -2.38. The Bertz CT molecular complexity index is 775. The van der Waals surface area contributed by atoms with Gasteiger partial charge in [-0.15, -0.1) is 24.0 Å². The number of hydrogen-bond acceptors (Lipinski definition) is 3. The number of ether oxygens (including phenoxy) is 2. The summed E-state index contributed by atoms with van der Waals surface area (Å²) in [6.07, 6.45) is 0.785. The van der Waals surface area contributed by atoms with Crippen molar-refractivity contribution in [1.29, 1.82) is 0 Å². The van der Waals surface area contributed by atoms with Gasteiger partial charge in [0.25, 0.3) is 0 Å². The van der Waals surface area contributed by atoms with E-state index in [1.54, 1.807) is 27.3 Å². The Morgan fingerprint density at radius 2 is 1.81 bits per heavy atom. The number of aliphatic imine (C=N–C) groups is 1. The van der Waals surface area contributed by atoms with Crippen molar-refractivity contribution in [3.05, 3.63) is 57.8 Å². The van der Waals surface area contributed by atoms with Crippen LogP contribution in [0.15, 0.2) is 45.9 Å². The average molecular weight is 552 g/mol. The molecule has 0 amide bonds. The molecule has 0 bridgehead atoms. The second-order valence-electron chi connectivity index (χ2n) is 5.53. The van der Waals surface area contributed by atoms with Gasteiger partial charge in [-0.3, -0.25) is 4.99 Å². The number of halogens is 3. The fourth-order valence-electron chi connectivity index (χ4n) is 2.43. The summed E-state index contributed by atoms with van der Waals surface area (Å²) in [6.45, 7) is 1.03. The molecule has 148 valence electrons. The third kappa shape index (κ3) is 7.17. The van der Waals surface area contributed by atoms with Crippen molar-refractivity contribution in [1.82, 2.24) is 10.6 Å². The Balaban J connectivity index is 0.00000364. The zero-order valence-corrected chi connectivity index (χ0v) is 19.4. The maximum atomic E-state index is 13.9. The molecular formula is C19H24BrFIN3O2. The molecule has 5 nitrogen and oxygen atoms in total. The van der Waals surface area contributed by atoms with E-state index in [4.69, 9.17) is 9.47 Å². The van der Waals surface area contributed by atoms with Gasteiger partial charge in [0.2, 0.25) is 0 Å². The molecule has 2 N–H and O–H groups in total. The maximum absolute atomic E-state index is 13.9. The van der Waals surface area contributed by atoms with Crippen LogP contribution in [0.25, 0.3) is 0 Å². The van der Waals surface area contributed by atoms with Crippen molar-refractivity contribution >= 4 is 45.9 Å². The Labute approximate surface area is 184 Å². The number of rotatable bonds is 7. The van der Waals surface area contributed by atoms with Crippen LogP contribution in [0.1, 0.15) is 11.1 Å². The molecule has 0 saturated heterocycles. The molecule has 0 aliphatic heterocycles. The molecule has 0 saturated carbocycles. The minimum Gasteiger partial charge on any atom is -0.493 e. The van der Waals surface area contributed by atoms with Gasteiger partial charge in [0.15, 0.2) is 17.5 Å². The lowest BCUT2D eigenvalue weighted by atomic mass is 10.1. The average Bonchev–Trinajstić information content (AvgIpc) is 2.65. The molecule has 0 aliphatic rings. The fraction of sp³-hybridized carbons (Fsp3) is 0.316. The SMILES string of the molecule is CN=C(NCCc1ccc(OC)c(OC)c1)NCc1ccc(Br)cc1F.I. The van der Waals surface area contributed by atoms with Crippen molar-refractivity contribution in [3.8, 4) is 11.5 Å². The van der Waals surface area contributed by atoms with E-state index in [9.17, 15) is 4.39 Å². The monoisotopic (exact) mass is 551 g/mol. The Kier molecular flexibility index (Phi) is 10.5. The van der Waals surface area contributed by atoms with Gasteiger partial charge in [-0.25, -0.2) is 4.39 Å². The molecule has 0 unspecified atom stereocenters. The minimum absolute atomic E-state index is 0. The molecule has 2 aromatic carbocycles. The third-order valence-corrected chi connectivity index (χ3v) is 4.33. The second-order valence-corrected chi connectivity index (χ2v) is 6.44. The van der Waals surface area contributed by atoms with Crippen molar-refractivity contribution < 1.29 is 13.9 Å². The molecule has 0 spiro atoms. The molecule has 0 aromatic heterocycles. The summed E-state index contributed by atoms with van der Waals surface area (Å²) in [6, 6.07) is 10.8. The Hall–Kier alpha value is -1.55. The van der Waals surface area contributed by atoms with Crippen LogP contribution in [-0.2, 0) is 13.0 Å². The van der Waals surface area contributed by atoms with Gasteiger partial charge in [0.05, 0.1) is 14.2 Å². The van der Waals surface area contributed by atoms with Gasteiger partial charge in [-0.2, -0.15) is 0 Å². The highest BCUT2D eigenvalue weighted by atomic mass is 127. The Morgan fingerprint density at radius 3 is 2.44 bits per heavy atom. The summed E-state index contributed by atoms with van der Waals surface area (Å²) in [7, 11) is 4.92. The smallest absolute Gasteiger partial charge is 0.191 e. The van der Waals surface area contributed by atoms with Crippen molar-refractivity contribution in [2.45, 2.75) is 13.0 Å². The minimum atomic E-state index is -0.257. The summed E-state index contributed by atoms with van der Waals surface area (Å²) < 4.78 is 25.1. The standard InChI is InChI=1S/C19H23BrFN3O2.HI/c1-22-19(24-12-14-5-6-15(20)11-16(14)21)23-9-8-13-4-7-17(25-2)18(10-13)26-3;/h4-7,10-11H,8-9,12H2,1-3H3,(H2,22,23,24);1H. The molecular weight excluding hydrogens is 528 g/mol. The Morgan fingerprint density at radius 1 is 1.07 bits per heavy atom. The largest absolute Gasteiger partial charge is 0.493 e. The third-order valence-electron chi connectivity index (χ3n) is 3.84. The predicted octanol–water partition coefficient (Wildman–Crippen LogP) is 4.13. The van der Waals surface area contributed by atoms with Crippen LogP contribution in [0, 0.1) is 5.82 Å². The molecule has 27 heavy (non-hydrogen) atoms. The van der Waals surface area contributed by atoms with E-state index in [0.29, 0.717) is 36.1 Å². The highest BCUT2D eigenvalue weighted by Gasteiger charge is 2.06. The highest BCUT2D eigenvalue weighted by molar-refractivity contribution is 14.0. The van der Waals surface area contributed by atoms with E-state index >= 15 is 0 Å². The van der Waals surface area contributed by atoms with Crippen LogP contribution in [0.4, 0.5) is 4.39 Å². The van der Waals surface area contributed by atoms with Crippen molar-refractivity contribution in [2.75, 3.05) is 27.8 Å². The topological polar surface area (TPSA) is 54.9 Å². The van der Waals surface area contributed by atoms with Gasteiger partial charge >= 0.3 is 0 Å². The van der Waals surface area contributed by atoms with E-state index in [1.807, 2.05) is 24.3 Å². The maximum Gasteiger partial charge on any atom is 0.191 e. The van der Waals surface area contributed by atoms with Crippen LogP contribution < -0.4 is 20.1 Å². The van der Waals surface area contributed by atoms with Crippen molar-refractivity contribution in [2.24, 2.45) is 4.99 Å². The molecule has 0 fully saturated rings. The molecule has 2 aromatic rings. The summed E-state index contributed by atoms with van der Waals surface area (Å²) >= 11 is 3.25. The van der Waals surface area contributed by atoms with Crippen LogP contribution in [0.5, 0.6) is 11.5 Å². The van der Waals surface area contributed by atoms with Crippen LogP contribution in [-0.4, -0.2) is 33.8 Å². The number of benzene rings is 2. The fourth-order valence-corrected chi connectivity index (χ4v) is 2.76. The van der Waals surface area contributed by atoms with E-state index in [1.165, 1.54) is 6.07 Å². The van der Waals surface area contributed by atoms with E-state index in [0.717, 1.165) is 16.5 Å². The summed E-state index contributed by atoms with van der Waals surface area (Å²) in [5, 5.41) is 6.33. The van der Waals surface area contributed by atoms with E-state index in [2.05, 4.69) is 31.6 Å². The number of methoxy groups -OCH3 is 2. The van der Waals surface area contributed by atoms with Crippen molar-refractivity contribution in [3.63, 3.8) is 0 Å². The van der Waals surface area contributed by atoms with E-state index in [-0.39, 0.29) is 29.8 Å². The van der Waals surface area contributed by atoms with Crippen LogP contribution >= 0.6 is 39.9 Å². The zero-order chi connectivity index (χ0) is 18.9. The van der Waals surface area contributed by atoms with Crippen LogP contribution in [0.2, 0.25) is 0 Å². The number of nitrogens with zero attached hydrogens (tertiary/aromatic N) is 1. The van der Waals surface area contributed by atoms with E-state index < -0.39 is 0 Å². The quantitative estimate of drug-likeness (QED) is 0.309. The zero-order valence-electron chi connectivity index (χ0n) is 15.5. The first-order valence-electron chi connectivity index (χ1n) is 8.16. The molecule has 0 aliphatic carbocycles. The van der Waals surface area contributed by atoms with Gasteiger partial charge in [-0.05, 0) is 36.2 Å². The van der Waals surface area contributed by atoms with Gasteiger partial charge in [0.1, 0.15) is 5.82 Å². The lowest BCUT2D eigenvalue weighted by molar-refractivity contribution is 0.354. The summed E-state index contributed by atoms with van der Waals surface area (Å²) in [5.41, 5.74) is 1.69. The number of hydrogen-bond donors (Lipinski definition) is 2.